The van der Waals surface area contributed by atoms with E-state index in [9.17, 15) is 14.4 Å². The molecule has 0 saturated carbocycles. The van der Waals surface area contributed by atoms with E-state index in [1.807, 2.05) is 30.3 Å². The van der Waals surface area contributed by atoms with Crippen LogP contribution in [0.4, 0.5) is 0 Å². The smallest absolute Gasteiger partial charge is 0.335 e. The van der Waals surface area contributed by atoms with Crippen molar-refractivity contribution in [2.45, 2.75) is 46.1 Å². The monoisotopic (exact) mass is 370 g/mol. The standard InChI is InChI=1S/C21H26N2O4/c1-16(2)20(25)27-14-10-5-4-9-13-22-19(24)17(3)15-23(21(22)26)18-11-7-6-8-12-18/h6-8,11-12,15H,1,4-5,9-10,13-14H2,2-3H3. The number of esters is 1. The van der Waals surface area contributed by atoms with Crippen LogP contribution in [0.5, 0.6) is 0 Å². The second-order valence-corrected chi connectivity index (χ2v) is 6.59. The van der Waals surface area contributed by atoms with Gasteiger partial charge >= 0.3 is 11.7 Å². The van der Waals surface area contributed by atoms with Crippen LogP contribution in [0.15, 0.2) is 58.3 Å². The molecule has 0 N–H and O–H groups in total. The predicted octanol–water partition coefficient (Wildman–Crippen LogP) is 2.99. The van der Waals surface area contributed by atoms with Crippen LogP contribution in [0.2, 0.25) is 0 Å². The number of unbranched alkanes of at least 4 members (excludes halogenated alkanes) is 3. The molecule has 0 saturated heterocycles. The third-order valence-electron chi connectivity index (χ3n) is 4.23. The molecule has 6 heteroatoms. The fourth-order valence-electron chi connectivity index (χ4n) is 2.72. The Balaban J connectivity index is 1.94. The highest BCUT2D eigenvalue weighted by Crippen LogP contribution is 2.05. The van der Waals surface area contributed by atoms with Crippen molar-refractivity contribution < 1.29 is 9.53 Å². The van der Waals surface area contributed by atoms with Crippen molar-refractivity contribution >= 4 is 5.97 Å². The lowest BCUT2D eigenvalue weighted by atomic mass is 10.2. The Kier molecular flexibility index (Phi) is 7.34. The van der Waals surface area contributed by atoms with Gasteiger partial charge in [0, 0.05) is 23.9 Å². The number of hydrogen-bond acceptors (Lipinski definition) is 4. The lowest BCUT2D eigenvalue weighted by molar-refractivity contribution is -0.139. The molecule has 0 aliphatic carbocycles. The Morgan fingerprint density at radius 2 is 1.74 bits per heavy atom. The van der Waals surface area contributed by atoms with Crippen molar-refractivity contribution in [2.75, 3.05) is 6.61 Å². The molecule has 144 valence electrons. The van der Waals surface area contributed by atoms with Crippen LogP contribution >= 0.6 is 0 Å². The first-order valence-electron chi connectivity index (χ1n) is 9.13. The molecule has 0 radical (unpaired) electrons. The molecule has 2 aromatic rings. The quantitative estimate of drug-likeness (QED) is 0.386. The fraction of sp³-hybridized carbons (Fsp3) is 0.381. The van der Waals surface area contributed by atoms with E-state index in [-0.39, 0.29) is 17.2 Å². The minimum absolute atomic E-state index is 0.248. The van der Waals surface area contributed by atoms with Gasteiger partial charge in [0.25, 0.3) is 5.56 Å². The summed E-state index contributed by atoms with van der Waals surface area (Å²) in [5.74, 6) is -0.372. The molecular formula is C21H26N2O4. The minimum atomic E-state index is -0.372. The number of ether oxygens (including phenoxy) is 1. The first-order chi connectivity index (χ1) is 12.9. The lowest BCUT2D eigenvalue weighted by Crippen LogP contribution is -2.40. The molecule has 0 aliphatic heterocycles. The van der Waals surface area contributed by atoms with Crippen molar-refractivity contribution in [3.05, 3.63) is 75.1 Å². The van der Waals surface area contributed by atoms with E-state index in [2.05, 4.69) is 6.58 Å². The maximum absolute atomic E-state index is 12.7. The van der Waals surface area contributed by atoms with Gasteiger partial charge in [-0.1, -0.05) is 31.2 Å². The van der Waals surface area contributed by atoms with E-state index in [0.717, 1.165) is 24.9 Å². The summed E-state index contributed by atoms with van der Waals surface area (Å²) in [6.07, 6.45) is 4.75. The van der Waals surface area contributed by atoms with Crippen molar-refractivity contribution in [2.24, 2.45) is 0 Å². The van der Waals surface area contributed by atoms with Crippen LogP contribution in [-0.4, -0.2) is 21.7 Å². The van der Waals surface area contributed by atoms with Gasteiger partial charge in [0.05, 0.1) is 12.3 Å². The zero-order chi connectivity index (χ0) is 19.8. The van der Waals surface area contributed by atoms with E-state index < -0.39 is 0 Å². The third-order valence-corrected chi connectivity index (χ3v) is 4.23. The van der Waals surface area contributed by atoms with Crippen molar-refractivity contribution in [1.82, 2.24) is 9.13 Å². The molecule has 0 amide bonds. The van der Waals surface area contributed by atoms with Gasteiger partial charge in [0.1, 0.15) is 0 Å². The van der Waals surface area contributed by atoms with Crippen molar-refractivity contribution in [3.63, 3.8) is 0 Å². The van der Waals surface area contributed by atoms with E-state index in [1.165, 1.54) is 9.13 Å². The molecule has 6 nitrogen and oxygen atoms in total. The summed E-state index contributed by atoms with van der Waals surface area (Å²) in [4.78, 5) is 36.3. The molecule has 1 aromatic heterocycles. The summed E-state index contributed by atoms with van der Waals surface area (Å²) in [6, 6.07) is 9.26. The van der Waals surface area contributed by atoms with Crippen LogP contribution in [0.1, 0.15) is 38.2 Å². The number of para-hydroxylation sites is 1. The third kappa shape index (κ3) is 5.54. The number of hydrogen-bond donors (Lipinski definition) is 0. The van der Waals surface area contributed by atoms with Gasteiger partial charge in [-0.3, -0.25) is 13.9 Å². The highest BCUT2D eigenvalue weighted by atomic mass is 16.5. The molecule has 1 aromatic carbocycles. The SMILES string of the molecule is C=C(C)C(=O)OCCCCCCn1c(=O)c(C)cn(-c2ccccc2)c1=O. The second kappa shape index (κ2) is 9.71. The molecule has 1 heterocycles. The van der Waals surface area contributed by atoms with Crippen LogP contribution in [0.25, 0.3) is 5.69 Å². The minimum Gasteiger partial charge on any atom is -0.462 e. The normalized spacial score (nSPS) is 10.6. The lowest BCUT2D eigenvalue weighted by Gasteiger charge is -2.12. The summed E-state index contributed by atoms with van der Waals surface area (Å²) in [5, 5.41) is 0. The Morgan fingerprint density at radius 1 is 1.07 bits per heavy atom. The first kappa shape index (κ1) is 20.4. The van der Waals surface area contributed by atoms with Gasteiger partial charge in [-0.05, 0) is 45.2 Å². The number of carbonyl (C=O) groups is 1. The zero-order valence-corrected chi connectivity index (χ0v) is 15.9. The molecule has 0 aliphatic rings. The Morgan fingerprint density at radius 3 is 2.41 bits per heavy atom. The van der Waals surface area contributed by atoms with Gasteiger partial charge in [-0.15, -0.1) is 0 Å². The van der Waals surface area contributed by atoms with Crippen molar-refractivity contribution in [1.29, 1.82) is 0 Å². The summed E-state index contributed by atoms with van der Waals surface area (Å²) >= 11 is 0. The Hall–Kier alpha value is -2.89. The molecule has 2 rings (SSSR count). The highest BCUT2D eigenvalue weighted by Gasteiger charge is 2.10. The van der Waals surface area contributed by atoms with E-state index in [1.54, 1.807) is 20.0 Å². The summed E-state index contributed by atoms with van der Waals surface area (Å²) in [6.45, 7) is 7.59. The summed E-state index contributed by atoms with van der Waals surface area (Å²) < 4.78 is 7.84. The average molecular weight is 370 g/mol. The largest absolute Gasteiger partial charge is 0.462 e. The van der Waals surface area contributed by atoms with Crippen LogP contribution < -0.4 is 11.2 Å². The van der Waals surface area contributed by atoms with Gasteiger partial charge in [-0.2, -0.15) is 0 Å². The molecule has 27 heavy (non-hydrogen) atoms. The molecule has 0 atom stereocenters. The average Bonchev–Trinajstić information content (AvgIpc) is 2.66. The molecule has 0 unspecified atom stereocenters. The van der Waals surface area contributed by atoms with Gasteiger partial charge in [0.15, 0.2) is 0 Å². The molecule has 0 bridgehead atoms. The first-order valence-corrected chi connectivity index (χ1v) is 9.13. The van der Waals surface area contributed by atoms with E-state index in [4.69, 9.17) is 4.74 Å². The summed E-state index contributed by atoms with van der Waals surface area (Å²) in [7, 11) is 0. The number of aryl methyl sites for hydroxylation is 1. The van der Waals surface area contributed by atoms with E-state index in [0.29, 0.717) is 30.7 Å². The van der Waals surface area contributed by atoms with Crippen LogP contribution in [-0.2, 0) is 16.1 Å². The number of benzene rings is 1. The number of carbonyl (C=O) groups excluding carboxylic acids is 1. The molecule has 0 fully saturated rings. The molecular weight excluding hydrogens is 344 g/mol. The maximum Gasteiger partial charge on any atom is 0.335 e. The highest BCUT2D eigenvalue weighted by molar-refractivity contribution is 5.86. The number of aromatic nitrogens is 2. The topological polar surface area (TPSA) is 70.3 Å². The summed E-state index contributed by atoms with van der Waals surface area (Å²) in [5.41, 5.74) is 1.09. The zero-order valence-electron chi connectivity index (χ0n) is 15.9. The Bertz CT molecular complexity index is 910. The predicted molar refractivity (Wildman–Crippen MR) is 105 cm³/mol. The maximum atomic E-state index is 12.7. The van der Waals surface area contributed by atoms with Gasteiger partial charge in [-0.25, -0.2) is 9.59 Å². The molecule has 0 spiro atoms. The van der Waals surface area contributed by atoms with E-state index >= 15 is 0 Å². The van der Waals surface area contributed by atoms with Gasteiger partial charge in [0.2, 0.25) is 0 Å². The van der Waals surface area contributed by atoms with Crippen molar-refractivity contribution in [3.8, 4) is 5.69 Å². The van der Waals surface area contributed by atoms with Crippen LogP contribution in [0.3, 0.4) is 0 Å². The van der Waals surface area contributed by atoms with Crippen LogP contribution in [0, 0.1) is 6.92 Å². The van der Waals surface area contributed by atoms with Gasteiger partial charge < -0.3 is 4.74 Å². The fourth-order valence-corrected chi connectivity index (χ4v) is 2.72. The number of nitrogens with zero attached hydrogens (tertiary/aromatic N) is 2. The number of rotatable bonds is 9. The second-order valence-electron chi connectivity index (χ2n) is 6.59. The Labute approximate surface area is 158 Å².